The molecule has 0 saturated carbocycles. The number of phenols is 2. The molecule has 0 bridgehead atoms. The van der Waals surface area contributed by atoms with Gasteiger partial charge in [-0.05, 0) is 71.8 Å². The van der Waals surface area contributed by atoms with Crippen molar-refractivity contribution in [3.05, 3.63) is 130 Å². The third-order valence-corrected chi connectivity index (χ3v) is 6.22. The van der Waals surface area contributed by atoms with Gasteiger partial charge in [0.25, 0.3) is 0 Å². The van der Waals surface area contributed by atoms with E-state index in [0.717, 1.165) is 22.5 Å². The molecule has 39 heavy (non-hydrogen) atoms. The topological polar surface area (TPSA) is 94.3 Å². The van der Waals surface area contributed by atoms with Gasteiger partial charge < -0.3 is 15.5 Å². The molecule has 0 spiro atoms. The van der Waals surface area contributed by atoms with E-state index in [1.807, 2.05) is 72.8 Å². The molecule has 1 aliphatic heterocycles. The molecule has 0 atom stereocenters. The summed E-state index contributed by atoms with van der Waals surface area (Å²) in [4.78, 5) is 22.3. The van der Waals surface area contributed by atoms with Gasteiger partial charge in [-0.15, -0.1) is 0 Å². The van der Waals surface area contributed by atoms with Crippen LogP contribution in [0.5, 0.6) is 11.5 Å². The molecule has 6 nitrogen and oxygen atoms in total. The second-order valence-electron chi connectivity index (χ2n) is 9.10. The molecule has 0 radical (unpaired) electrons. The van der Waals surface area contributed by atoms with E-state index in [-0.39, 0.29) is 17.3 Å². The van der Waals surface area contributed by atoms with Crippen molar-refractivity contribution < 1.29 is 15.0 Å². The maximum atomic E-state index is 13.3. The molecule has 4 aromatic rings. The number of benzene rings is 4. The average molecular weight is 514 g/mol. The van der Waals surface area contributed by atoms with Crippen LogP contribution in [0.25, 0.3) is 12.2 Å². The normalized spacial score (nSPS) is 16.1. The van der Waals surface area contributed by atoms with Gasteiger partial charge in [-0.1, -0.05) is 48.5 Å². The van der Waals surface area contributed by atoms with Gasteiger partial charge in [0.05, 0.1) is 11.4 Å². The van der Waals surface area contributed by atoms with Crippen molar-refractivity contribution in [2.45, 2.75) is 0 Å². The summed E-state index contributed by atoms with van der Waals surface area (Å²) < 4.78 is 0. The first-order valence-electron chi connectivity index (χ1n) is 12.6. The lowest BCUT2D eigenvalue weighted by molar-refractivity contribution is -0.112. The fraction of sp³-hybridized carbons (Fsp3) is 0.0606. The summed E-state index contributed by atoms with van der Waals surface area (Å²) in [5.41, 5.74) is 5.79. The van der Waals surface area contributed by atoms with Gasteiger partial charge in [0.2, 0.25) is 0 Å². The Morgan fingerprint density at radius 3 is 1.54 bits per heavy atom. The Kier molecular flexibility index (Phi) is 7.86. The lowest BCUT2D eigenvalue weighted by atomic mass is 9.95. The third-order valence-electron chi connectivity index (χ3n) is 6.22. The monoisotopic (exact) mass is 513 g/mol. The van der Waals surface area contributed by atoms with Crippen LogP contribution in [-0.2, 0) is 4.79 Å². The number of rotatable bonds is 6. The molecule has 5 rings (SSSR count). The molecule has 0 aliphatic carbocycles. The van der Waals surface area contributed by atoms with E-state index in [9.17, 15) is 15.0 Å². The van der Waals surface area contributed by atoms with E-state index in [1.165, 1.54) is 0 Å². The average Bonchev–Trinajstić information content (AvgIpc) is 2.95. The Morgan fingerprint density at radius 2 is 1.08 bits per heavy atom. The van der Waals surface area contributed by atoms with E-state index in [2.05, 4.69) is 15.3 Å². The Morgan fingerprint density at radius 1 is 0.615 bits per heavy atom. The summed E-state index contributed by atoms with van der Waals surface area (Å²) in [6.07, 6.45) is 7.01. The predicted molar refractivity (Wildman–Crippen MR) is 157 cm³/mol. The molecule has 0 aromatic heterocycles. The Labute approximate surface area is 227 Å². The molecule has 0 unspecified atom stereocenters. The molecule has 1 heterocycles. The Bertz CT molecular complexity index is 1510. The second-order valence-corrected chi connectivity index (χ2v) is 9.10. The largest absolute Gasteiger partial charge is 0.507 e. The van der Waals surface area contributed by atoms with Gasteiger partial charge in [-0.25, -0.2) is 0 Å². The number of hydrogen-bond donors (Lipinski definition) is 3. The maximum Gasteiger partial charge on any atom is 0.187 e. The van der Waals surface area contributed by atoms with Crippen molar-refractivity contribution in [2.75, 3.05) is 13.1 Å². The zero-order chi connectivity index (χ0) is 27.0. The number of aliphatic imine (C=N–C) groups is 2. The van der Waals surface area contributed by atoms with Gasteiger partial charge in [0.1, 0.15) is 11.5 Å². The van der Waals surface area contributed by atoms with Gasteiger partial charge in [0, 0.05) is 47.8 Å². The number of hydrogen-bond acceptors (Lipinski definition) is 6. The van der Waals surface area contributed by atoms with Crippen LogP contribution in [0.3, 0.4) is 0 Å². The molecular formula is C33H27N3O3. The highest BCUT2D eigenvalue weighted by atomic mass is 16.3. The fourth-order valence-electron chi connectivity index (χ4n) is 4.21. The van der Waals surface area contributed by atoms with Gasteiger partial charge in [0.15, 0.2) is 5.78 Å². The van der Waals surface area contributed by atoms with Crippen LogP contribution in [0.15, 0.2) is 118 Å². The Balaban J connectivity index is 1.33. The highest BCUT2D eigenvalue weighted by Gasteiger charge is 2.20. The van der Waals surface area contributed by atoms with Crippen LogP contribution in [0, 0.1) is 0 Å². The lowest BCUT2D eigenvalue weighted by Crippen LogP contribution is -2.32. The smallest absolute Gasteiger partial charge is 0.187 e. The van der Waals surface area contributed by atoms with Crippen molar-refractivity contribution in [1.82, 2.24) is 5.32 Å². The first-order chi connectivity index (χ1) is 19.0. The van der Waals surface area contributed by atoms with E-state index in [1.54, 1.807) is 48.8 Å². The van der Waals surface area contributed by atoms with E-state index in [0.29, 0.717) is 35.4 Å². The molecule has 1 aliphatic rings. The summed E-state index contributed by atoms with van der Waals surface area (Å²) in [5.74, 6) is 0.344. The van der Waals surface area contributed by atoms with Crippen LogP contribution < -0.4 is 5.32 Å². The van der Waals surface area contributed by atoms with Crippen LogP contribution in [0.4, 0.5) is 11.4 Å². The van der Waals surface area contributed by atoms with E-state index in [4.69, 9.17) is 0 Å². The quantitative estimate of drug-likeness (QED) is 0.210. The van der Waals surface area contributed by atoms with Crippen LogP contribution in [0.2, 0.25) is 0 Å². The van der Waals surface area contributed by atoms with Crippen molar-refractivity contribution in [2.24, 2.45) is 9.98 Å². The minimum atomic E-state index is -0.0000237. The standard InChI is InChI=1S/C33H27N3O3/c37-31-13-3-1-9-25(31)21-35-29-11-5-7-23(17-29)15-27-19-34-20-28(33(27)39)16-24-8-6-12-30(18-24)36-22-26-10-2-4-14-32(26)38/h1-18,21-22,34,37-38H,19-20H2. The maximum absolute atomic E-state index is 13.3. The molecule has 4 aromatic carbocycles. The first kappa shape index (κ1) is 25.6. The minimum absolute atomic E-state index is 0.0000237. The highest BCUT2D eigenvalue weighted by molar-refractivity contribution is 6.14. The van der Waals surface area contributed by atoms with Gasteiger partial charge in [-0.2, -0.15) is 0 Å². The third kappa shape index (κ3) is 6.63. The number of piperidine rings is 1. The summed E-state index contributed by atoms with van der Waals surface area (Å²) in [6, 6.07) is 29.2. The van der Waals surface area contributed by atoms with Crippen molar-refractivity contribution in [3.8, 4) is 11.5 Å². The van der Waals surface area contributed by atoms with Gasteiger partial charge in [-0.3, -0.25) is 14.8 Å². The number of nitrogens with zero attached hydrogens (tertiary/aromatic N) is 2. The molecule has 3 N–H and O–H groups in total. The van der Waals surface area contributed by atoms with Crippen LogP contribution in [-0.4, -0.2) is 41.5 Å². The summed E-state index contributed by atoms with van der Waals surface area (Å²) in [7, 11) is 0. The summed E-state index contributed by atoms with van der Waals surface area (Å²) in [6.45, 7) is 0.957. The van der Waals surface area contributed by atoms with Crippen LogP contribution in [0.1, 0.15) is 22.3 Å². The second kappa shape index (κ2) is 12.0. The molecule has 1 fully saturated rings. The van der Waals surface area contributed by atoms with E-state index < -0.39 is 0 Å². The zero-order valence-corrected chi connectivity index (χ0v) is 21.2. The number of aromatic hydroxyl groups is 2. The number of phenolic OH excluding ortho intramolecular Hbond substituents is 2. The zero-order valence-electron chi connectivity index (χ0n) is 21.2. The number of ketones is 1. The van der Waals surface area contributed by atoms with E-state index >= 15 is 0 Å². The lowest BCUT2D eigenvalue weighted by Gasteiger charge is -2.18. The predicted octanol–water partition coefficient (Wildman–Crippen LogP) is 6.24. The fourth-order valence-corrected chi connectivity index (χ4v) is 4.21. The number of nitrogens with one attached hydrogen (secondary N) is 1. The molecule has 0 amide bonds. The SMILES string of the molecule is O=C1C(=Cc2cccc(N=Cc3ccccc3O)c2)CNCC1=Cc1cccc(N=Cc2ccccc2O)c1. The minimum Gasteiger partial charge on any atom is -0.507 e. The number of Topliss-reactive ketones (excluding diaryl/α,β-unsaturated/α-hetero) is 1. The van der Waals surface area contributed by atoms with Gasteiger partial charge >= 0.3 is 0 Å². The summed E-state index contributed by atoms with van der Waals surface area (Å²) in [5, 5.41) is 23.2. The number of para-hydroxylation sites is 2. The van der Waals surface area contributed by atoms with Crippen LogP contribution >= 0.6 is 0 Å². The molecular weight excluding hydrogens is 486 g/mol. The van der Waals surface area contributed by atoms with Crippen molar-refractivity contribution in [3.63, 3.8) is 0 Å². The molecule has 6 heteroatoms. The first-order valence-corrected chi connectivity index (χ1v) is 12.6. The summed E-state index contributed by atoms with van der Waals surface area (Å²) >= 11 is 0. The van der Waals surface area contributed by atoms with Crippen molar-refractivity contribution >= 4 is 41.7 Å². The van der Waals surface area contributed by atoms with Crippen molar-refractivity contribution in [1.29, 1.82) is 0 Å². The molecule has 192 valence electrons. The number of carbonyl (C=O) groups is 1. The Hall–Kier alpha value is -5.07. The molecule has 1 saturated heterocycles. The highest BCUT2D eigenvalue weighted by Crippen LogP contribution is 2.23. The number of carbonyl (C=O) groups excluding carboxylic acids is 1.